The number of rotatable bonds is 6. The molecule has 0 radical (unpaired) electrons. The molecule has 0 fully saturated rings. The van der Waals surface area contributed by atoms with Crippen molar-refractivity contribution in [1.82, 2.24) is 5.32 Å². The predicted octanol–water partition coefficient (Wildman–Crippen LogP) is 3.33. The van der Waals surface area contributed by atoms with E-state index in [1.54, 1.807) is 11.3 Å². The summed E-state index contributed by atoms with van der Waals surface area (Å²) in [4.78, 5) is 25.3. The van der Waals surface area contributed by atoms with Gasteiger partial charge in [-0.15, -0.1) is 11.3 Å². The number of hydrogen-bond donors (Lipinski definition) is 1. The fourth-order valence-corrected chi connectivity index (χ4v) is 3.25. The van der Waals surface area contributed by atoms with Gasteiger partial charge in [0, 0.05) is 28.3 Å². The average Bonchev–Trinajstić information content (AvgIpc) is 2.91. The van der Waals surface area contributed by atoms with Crippen LogP contribution in [0, 0.1) is 17.0 Å². The van der Waals surface area contributed by atoms with Crippen LogP contribution in [0.3, 0.4) is 0 Å². The fourth-order valence-electron chi connectivity index (χ4n) is 2.23. The van der Waals surface area contributed by atoms with E-state index in [-0.39, 0.29) is 17.3 Å². The maximum atomic E-state index is 12.4. The highest BCUT2D eigenvalue weighted by atomic mass is 32.1. The Morgan fingerprint density at radius 2 is 2.13 bits per heavy atom. The van der Waals surface area contributed by atoms with Gasteiger partial charge in [0.25, 0.3) is 11.6 Å². The standard InChI is InChI=1S/C16H18N2O4S/c1-10(8-13-6-4-11(2)23-13)17-16(19)14-9-12(22-3)5-7-15(14)18(20)21/h4-7,9-10H,8H2,1-3H3,(H,17,19). The Kier molecular flexibility index (Phi) is 5.33. The lowest BCUT2D eigenvalue weighted by Gasteiger charge is -2.13. The van der Waals surface area contributed by atoms with Gasteiger partial charge in [0.15, 0.2) is 0 Å². The number of carbonyl (C=O) groups is 1. The van der Waals surface area contributed by atoms with Crippen molar-refractivity contribution in [2.45, 2.75) is 26.3 Å². The second kappa shape index (κ2) is 7.23. The van der Waals surface area contributed by atoms with Crippen LogP contribution in [-0.2, 0) is 6.42 Å². The number of aryl methyl sites for hydroxylation is 1. The molecule has 122 valence electrons. The lowest BCUT2D eigenvalue weighted by Crippen LogP contribution is -2.34. The molecule has 7 heteroatoms. The van der Waals surface area contributed by atoms with Gasteiger partial charge in [-0.05, 0) is 38.1 Å². The van der Waals surface area contributed by atoms with Gasteiger partial charge in [0.2, 0.25) is 0 Å². The topological polar surface area (TPSA) is 81.5 Å². The predicted molar refractivity (Wildman–Crippen MR) is 89.3 cm³/mol. The summed E-state index contributed by atoms with van der Waals surface area (Å²) in [6.45, 7) is 3.90. The number of nitro benzene ring substituents is 1. The smallest absolute Gasteiger partial charge is 0.282 e. The fraction of sp³-hybridized carbons (Fsp3) is 0.312. The summed E-state index contributed by atoms with van der Waals surface area (Å²) in [5, 5.41) is 13.9. The Bertz CT molecular complexity index is 727. The first-order chi connectivity index (χ1) is 10.9. The average molecular weight is 334 g/mol. The zero-order chi connectivity index (χ0) is 17.0. The molecule has 0 aliphatic heterocycles. The second-order valence-electron chi connectivity index (χ2n) is 5.23. The molecule has 0 aliphatic rings. The monoisotopic (exact) mass is 334 g/mol. The molecule has 1 aromatic heterocycles. The van der Waals surface area contributed by atoms with Crippen LogP contribution in [0.4, 0.5) is 5.69 Å². The van der Waals surface area contributed by atoms with Crippen molar-refractivity contribution < 1.29 is 14.5 Å². The SMILES string of the molecule is COc1ccc([N+](=O)[O-])c(C(=O)NC(C)Cc2ccc(C)s2)c1. The van der Waals surface area contributed by atoms with Crippen molar-refractivity contribution in [1.29, 1.82) is 0 Å². The van der Waals surface area contributed by atoms with E-state index in [1.807, 2.05) is 26.0 Å². The number of carbonyl (C=O) groups excluding carboxylic acids is 1. The number of nitrogens with zero attached hydrogens (tertiary/aromatic N) is 1. The molecule has 0 saturated heterocycles. The van der Waals surface area contributed by atoms with E-state index in [0.717, 1.165) is 4.88 Å². The molecule has 6 nitrogen and oxygen atoms in total. The van der Waals surface area contributed by atoms with Crippen LogP contribution in [0.1, 0.15) is 27.0 Å². The minimum atomic E-state index is -0.568. The van der Waals surface area contributed by atoms with Crippen LogP contribution in [-0.4, -0.2) is 24.0 Å². The van der Waals surface area contributed by atoms with Gasteiger partial charge >= 0.3 is 0 Å². The molecule has 0 aliphatic carbocycles. The number of thiophene rings is 1. The highest BCUT2D eigenvalue weighted by Gasteiger charge is 2.22. The first-order valence-electron chi connectivity index (χ1n) is 7.09. The van der Waals surface area contributed by atoms with Gasteiger partial charge < -0.3 is 10.1 Å². The van der Waals surface area contributed by atoms with Gasteiger partial charge in [-0.2, -0.15) is 0 Å². The third-order valence-electron chi connectivity index (χ3n) is 3.33. The molecule has 1 aromatic carbocycles. The lowest BCUT2D eigenvalue weighted by atomic mass is 10.1. The molecule has 1 N–H and O–H groups in total. The lowest BCUT2D eigenvalue weighted by molar-refractivity contribution is -0.385. The summed E-state index contributed by atoms with van der Waals surface area (Å²) in [7, 11) is 1.45. The summed E-state index contributed by atoms with van der Waals surface area (Å²) < 4.78 is 5.04. The summed E-state index contributed by atoms with van der Waals surface area (Å²) >= 11 is 1.67. The molecule has 1 amide bonds. The van der Waals surface area contributed by atoms with Crippen molar-refractivity contribution in [2.24, 2.45) is 0 Å². The van der Waals surface area contributed by atoms with Crippen LogP contribution < -0.4 is 10.1 Å². The third-order valence-corrected chi connectivity index (χ3v) is 4.35. The molecule has 2 rings (SSSR count). The quantitative estimate of drug-likeness (QED) is 0.649. The molecule has 0 saturated carbocycles. The van der Waals surface area contributed by atoms with Crippen molar-refractivity contribution in [2.75, 3.05) is 7.11 Å². The molecule has 23 heavy (non-hydrogen) atoms. The van der Waals surface area contributed by atoms with E-state index in [0.29, 0.717) is 12.2 Å². The summed E-state index contributed by atoms with van der Waals surface area (Å²) in [5.41, 5.74) is -0.231. The van der Waals surface area contributed by atoms with Crippen molar-refractivity contribution in [3.63, 3.8) is 0 Å². The molecular formula is C16H18N2O4S. The molecule has 2 aromatic rings. The highest BCUT2D eigenvalue weighted by molar-refractivity contribution is 7.11. The Labute approximate surface area is 138 Å². The Morgan fingerprint density at radius 3 is 2.70 bits per heavy atom. The van der Waals surface area contributed by atoms with Gasteiger partial charge in [-0.3, -0.25) is 14.9 Å². The number of benzene rings is 1. The molecule has 0 spiro atoms. The minimum absolute atomic E-state index is 0.00330. The van der Waals surface area contributed by atoms with E-state index in [2.05, 4.69) is 5.32 Å². The number of nitro groups is 1. The van der Waals surface area contributed by atoms with Crippen molar-refractivity contribution >= 4 is 22.9 Å². The van der Waals surface area contributed by atoms with Gasteiger partial charge in [0.05, 0.1) is 12.0 Å². The summed E-state index contributed by atoms with van der Waals surface area (Å²) in [6, 6.07) is 8.05. The van der Waals surface area contributed by atoms with E-state index in [4.69, 9.17) is 4.74 Å². The maximum absolute atomic E-state index is 12.4. The molecular weight excluding hydrogens is 316 g/mol. The van der Waals surface area contributed by atoms with Crippen LogP contribution in [0.2, 0.25) is 0 Å². The Morgan fingerprint density at radius 1 is 1.39 bits per heavy atom. The van der Waals surface area contributed by atoms with E-state index >= 15 is 0 Å². The Balaban J connectivity index is 2.14. The molecule has 1 atom stereocenters. The third kappa shape index (κ3) is 4.29. The first-order valence-corrected chi connectivity index (χ1v) is 7.91. The number of nitrogens with one attached hydrogen (secondary N) is 1. The van der Waals surface area contributed by atoms with Crippen molar-refractivity contribution in [3.8, 4) is 5.75 Å². The summed E-state index contributed by atoms with van der Waals surface area (Å²) in [6.07, 6.45) is 0.683. The van der Waals surface area contributed by atoms with Gasteiger partial charge in [-0.1, -0.05) is 0 Å². The minimum Gasteiger partial charge on any atom is -0.497 e. The van der Waals surface area contributed by atoms with Crippen LogP contribution >= 0.6 is 11.3 Å². The number of methoxy groups -OCH3 is 1. The highest BCUT2D eigenvalue weighted by Crippen LogP contribution is 2.24. The normalized spacial score (nSPS) is 11.8. The van der Waals surface area contributed by atoms with Crippen molar-refractivity contribution in [3.05, 3.63) is 55.8 Å². The number of amides is 1. The first kappa shape index (κ1) is 17.0. The molecule has 1 unspecified atom stereocenters. The number of ether oxygens (including phenoxy) is 1. The number of hydrogen-bond acceptors (Lipinski definition) is 5. The Hall–Kier alpha value is -2.41. The van der Waals surface area contributed by atoms with E-state index in [1.165, 1.54) is 30.2 Å². The van der Waals surface area contributed by atoms with Gasteiger partial charge in [0.1, 0.15) is 11.3 Å². The zero-order valence-electron chi connectivity index (χ0n) is 13.2. The van der Waals surface area contributed by atoms with E-state index < -0.39 is 10.8 Å². The zero-order valence-corrected chi connectivity index (χ0v) is 14.0. The largest absolute Gasteiger partial charge is 0.497 e. The summed E-state index contributed by atoms with van der Waals surface area (Å²) in [5.74, 6) is -0.0707. The molecule has 1 heterocycles. The van der Waals surface area contributed by atoms with Crippen LogP contribution in [0.25, 0.3) is 0 Å². The molecule has 0 bridgehead atoms. The maximum Gasteiger partial charge on any atom is 0.282 e. The van der Waals surface area contributed by atoms with Gasteiger partial charge in [-0.25, -0.2) is 0 Å². The van der Waals surface area contributed by atoms with Crippen LogP contribution in [0.15, 0.2) is 30.3 Å². The van der Waals surface area contributed by atoms with Crippen LogP contribution in [0.5, 0.6) is 5.75 Å². The second-order valence-corrected chi connectivity index (χ2v) is 6.60. The van der Waals surface area contributed by atoms with E-state index in [9.17, 15) is 14.9 Å².